The van der Waals surface area contributed by atoms with Crippen LogP contribution in [0, 0.1) is 52.5 Å². The number of primary amides is 5. The van der Waals surface area contributed by atoms with Crippen LogP contribution in [0.4, 0.5) is 92.2 Å². The average Bonchev–Trinajstić information content (AvgIpc) is 1.44. The van der Waals surface area contributed by atoms with E-state index >= 15 is 0 Å². The molecule has 45 heteroatoms. The smallest absolute Gasteiger partial charge is 0.392 e. The lowest BCUT2D eigenvalue weighted by atomic mass is 9.88. The Kier molecular flexibility index (Phi) is 30.3. The Morgan fingerprint density at radius 2 is 0.724 bits per heavy atom. The number of halogens is 21. The van der Waals surface area contributed by atoms with Gasteiger partial charge < -0.3 is 61.8 Å². The Morgan fingerprint density at radius 1 is 0.409 bits per heavy atom. The third-order valence-electron chi connectivity index (χ3n) is 19.7. The molecule has 5 aliphatic rings. The van der Waals surface area contributed by atoms with Crippen molar-refractivity contribution in [1.29, 1.82) is 0 Å². The van der Waals surface area contributed by atoms with Crippen molar-refractivity contribution < 1.29 is 149 Å². The molecule has 127 heavy (non-hydrogen) atoms. The number of hydrogen-bond donors (Lipinski definition) is 5. The second kappa shape index (κ2) is 40.6. The first kappa shape index (κ1) is 94.7. The van der Waals surface area contributed by atoms with E-state index in [9.17, 15) is 116 Å². The normalized spacial score (nSPS) is 17.1. The molecule has 0 saturated carbocycles. The summed E-state index contributed by atoms with van der Waals surface area (Å²) < 4.78 is 309. The minimum atomic E-state index is -4.42. The zero-order valence-corrected chi connectivity index (χ0v) is 65.9. The highest BCUT2D eigenvalue weighted by Crippen LogP contribution is 2.45. The first-order chi connectivity index (χ1) is 60.0. The summed E-state index contributed by atoms with van der Waals surface area (Å²) in [5, 5.41) is -0.355. The van der Waals surface area contributed by atoms with Crippen LogP contribution in [0.3, 0.4) is 0 Å². The number of alkyl halides is 13. The third kappa shape index (κ3) is 23.6. The standard InChI is InChI=1S/C18H16F4N2O3.C17H13F5N2O2.2C16H12F4N2O2.C15H13F4N3O3S/c1-8-4-12-11(10-3-2-9(19)5-13(10)20)6-14(16(23)25)24-17(12)27-15(8)7-26-18(21)22;18-8-1-3-10(13(19)5-8)12-6-14(15(23)25)24-16-11(12)4-2-9(26-16)7-17(20,21)22;2*17-7-1-2-8(11(18)5-7)10-6-12(15(21)23)22-16-9(10)3-4-13(24-16)14(19)20;16-11(17)14-21-4-10(26-14)8-3-9(12(20)23)22-13-7(8)2-1-6(25-13)5-24-15(18)19/h2-3,5-6,8,15,18H,4,7H2,1H3,(H2,23,25);1,3,5-6,9H,2,4,7H2,(H2,23,25);2*1-2,5-6,13-14H,3-4H2,(H2,21,23);3-4,6,11,15H,1-2,5H2,(H2,20,23)/t8-,15+;9-;2*13-;6-/m10101/s1. The molecule has 5 aliphatic heterocycles. The fourth-order valence-electron chi connectivity index (χ4n) is 13.7. The van der Waals surface area contributed by atoms with Gasteiger partial charge in [0, 0.05) is 86.1 Å². The van der Waals surface area contributed by atoms with E-state index in [1.165, 1.54) is 60.8 Å². The van der Waals surface area contributed by atoms with Gasteiger partial charge in [-0.15, -0.1) is 11.3 Å². The van der Waals surface area contributed by atoms with Crippen molar-refractivity contribution in [3.8, 4) is 84.3 Å². The van der Waals surface area contributed by atoms with Gasteiger partial charge in [-0.1, -0.05) is 6.92 Å². The van der Waals surface area contributed by atoms with Gasteiger partial charge in [0.1, 0.15) is 93.3 Å². The van der Waals surface area contributed by atoms with Gasteiger partial charge >= 0.3 is 19.4 Å². The molecule has 4 aromatic carbocycles. The molecule has 10 N–H and O–H groups in total. The van der Waals surface area contributed by atoms with Gasteiger partial charge in [-0.05, 0) is 165 Å². The van der Waals surface area contributed by atoms with Gasteiger partial charge in [-0.2, -0.15) is 30.7 Å². The predicted octanol–water partition coefficient (Wildman–Crippen LogP) is 16.4. The van der Waals surface area contributed by atoms with Gasteiger partial charge in [-0.3, -0.25) is 24.0 Å². The summed E-state index contributed by atoms with van der Waals surface area (Å²) in [5.74, 6) is -11.7. The van der Waals surface area contributed by atoms with Crippen molar-refractivity contribution in [1.82, 2.24) is 29.9 Å². The molecule has 0 spiro atoms. The van der Waals surface area contributed by atoms with Crippen molar-refractivity contribution in [3.05, 3.63) is 217 Å². The zero-order chi connectivity index (χ0) is 92.5. The number of thiazole rings is 1. The Labute approximate surface area is 707 Å². The summed E-state index contributed by atoms with van der Waals surface area (Å²) in [7, 11) is 0. The third-order valence-corrected chi connectivity index (χ3v) is 20.7. The van der Waals surface area contributed by atoms with E-state index in [0.29, 0.717) is 75.7 Å². The summed E-state index contributed by atoms with van der Waals surface area (Å²) in [5.41, 5.74) is 28.6. The summed E-state index contributed by atoms with van der Waals surface area (Å²) in [6.45, 7) is -4.83. The molecule has 11 heterocycles. The summed E-state index contributed by atoms with van der Waals surface area (Å²) in [6, 6.07) is 18.2. The lowest BCUT2D eigenvalue weighted by molar-refractivity contribution is -0.152. The van der Waals surface area contributed by atoms with E-state index in [0.717, 1.165) is 41.7 Å². The number of amides is 5. The number of ether oxygens (including phenoxy) is 7. The largest absolute Gasteiger partial charge is 0.474 e. The van der Waals surface area contributed by atoms with Crippen LogP contribution in [0.1, 0.15) is 131 Å². The molecule has 6 aromatic heterocycles. The summed E-state index contributed by atoms with van der Waals surface area (Å²) >= 11 is 0.782. The van der Waals surface area contributed by atoms with E-state index in [2.05, 4.69) is 39.4 Å². The molecule has 23 nitrogen and oxygen atoms in total. The monoisotopic (exact) mass is 1830 g/mol. The number of pyridine rings is 5. The topological polar surface area (TPSA) is 357 Å². The Morgan fingerprint density at radius 3 is 1.06 bits per heavy atom. The minimum absolute atomic E-state index is 0.00834. The van der Waals surface area contributed by atoms with Crippen molar-refractivity contribution in [2.45, 2.75) is 140 Å². The molecule has 0 saturated heterocycles. The number of nitrogens with zero attached hydrogens (tertiary/aromatic N) is 6. The quantitative estimate of drug-likeness (QED) is 0.0442. The van der Waals surface area contributed by atoms with Crippen molar-refractivity contribution in [2.24, 2.45) is 34.6 Å². The van der Waals surface area contributed by atoms with Crippen LogP contribution >= 0.6 is 11.3 Å². The number of benzene rings is 4. The van der Waals surface area contributed by atoms with E-state index in [4.69, 9.17) is 52.4 Å². The number of nitrogens with two attached hydrogens (primary N) is 5. The van der Waals surface area contributed by atoms with Crippen LogP contribution < -0.4 is 52.4 Å². The highest BCUT2D eigenvalue weighted by atomic mass is 32.1. The molecule has 0 unspecified atom stereocenters. The number of rotatable bonds is 20. The van der Waals surface area contributed by atoms with E-state index in [-0.39, 0.29) is 165 Å². The summed E-state index contributed by atoms with van der Waals surface area (Å²) in [6.07, 6.45) is -16.2. The second-order valence-electron chi connectivity index (χ2n) is 28.3. The van der Waals surface area contributed by atoms with Gasteiger partial charge in [0.25, 0.3) is 48.8 Å². The SMILES string of the molecule is C[C@@H]1Cc2c(-c3ccc(F)cc3F)cc(C(N)=O)nc2O[C@H]1COC(F)F.NC(=O)c1cc(-c2ccc(F)cc2F)c2c(n1)O[C@@H](C(F)F)CC2.NC(=O)c1cc(-c2ccc(F)cc2F)c2c(n1)O[C@H](C(F)F)CC2.NC(=O)c1cc(-c2ccc(F)cc2F)c2c(n1)O[C@H](CC(F)(F)F)CC2.NC(=O)c1cc(-c2cnc(C(F)F)s2)c2c(n1)O[C@@H](COC(F)F)CC2. The Balaban J connectivity index is 0.000000154. The molecule has 10 aromatic rings. The molecule has 0 aliphatic carbocycles. The lowest BCUT2D eigenvalue weighted by Crippen LogP contribution is -2.36. The molecule has 5 amide bonds. The Hall–Kier alpha value is -12.9. The molecular weight excluding hydrogens is 1760 g/mol. The fraction of sp³-hybridized carbons (Fsp3) is 0.305. The molecule has 674 valence electrons. The van der Waals surface area contributed by atoms with Crippen LogP contribution in [-0.2, 0) is 41.6 Å². The number of carbonyl (C=O) groups is 5. The average molecular weight is 1830 g/mol. The van der Waals surface area contributed by atoms with Gasteiger partial charge in [0.15, 0.2) is 17.2 Å². The van der Waals surface area contributed by atoms with E-state index in [1.54, 1.807) is 6.92 Å². The first-order valence-electron chi connectivity index (χ1n) is 37.5. The number of fused-ring (bicyclic) bond motifs is 5. The number of carbonyl (C=O) groups excluding carboxylic acids is 5. The van der Waals surface area contributed by atoms with Crippen molar-refractivity contribution in [2.75, 3.05) is 13.2 Å². The van der Waals surface area contributed by atoms with Crippen molar-refractivity contribution >= 4 is 40.9 Å². The first-order valence-corrected chi connectivity index (χ1v) is 38.3. The number of hydrogen-bond acceptors (Lipinski definition) is 19. The maximum Gasteiger partial charge on any atom is 0.392 e. The lowest BCUT2D eigenvalue weighted by Gasteiger charge is -2.32. The van der Waals surface area contributed by atoms with Crippen LogP contribution in [0.15, 0.2) is 109 Å². The summed E-state index contributed by atoms with van der Waals surface area (Å²) in [4.78, 5) is 81.2. The minimum Gasteiger partial charge on any atom is -0.474 e. The van der Waals surface area contributed by atoms with Crippen LogP contribution in [-0.4, -0.2) is 135 Å². The van der Waals surface area contributed by atoms with Gasteiger partial charge in [0.2, 0.25) is 29.4 Å². The number of aromatic nitrogens is 6. The van der Waals surface area contributed by atoms with E-state index < -0.39 is 152 Å². The fourth-order valence-corrected chi connectivity index (χ4v) is 14.5. The molecule has 0 radical (unpaired) electrons. The Bertz CT molecular complexity index is 5650. The maximum absolute atomic E-state index is 14.3. The van der Waals surface area contributed by atoms with Gasteiger partial charge in [0.05, 0.1) is 24.5 Å². The van der Waals surface area contributed by atoms with Crippen LogP contribution in [0.2, 0.25) is 0 Å². The van der Waals surface area contributed by atoms with Crippen molar-refractivity contribution in [3.63, 3.8) is 0 Å². The predicted molar refractivity (Wildman–Crippen MR) is 406 cm³/mol. The second-order valence-corrected chi connectivity index (χ2v) is 29.4. The molecule has 0 bridgehead atoms. The zero-order valence-electron chi connectivity index (χ0n) is 65.0. The molecular formula is C82H66F21N11O12S. The molecule has 0 fully saturated rings. The molecule has 15 rings (SSSR count). The molecule has 6 atom stereocenters. The van der Waals surface area contributed by atoms with Crippen LogP contribution in [0.25, 0.3) is 54.9 Å². The van der Waals surface area contributed by atoms with E-state index in [1.807, 2.05) is 0 Å². The van der Waals surface area contributed by atoms with Crippen LogP contribution in [0.5, 0.6) is 29.4 Å². The highest BCUT2D eigenvalue weighted by Gasteiger charge is 2.39. The van der Waals surface area contributed by atoms with Gasteiger partial charge in [-0.25, -0.2) is 91.4 Å². The maximum atomic E-state index is 14.3. The highest BCUT2D eigenvalue weighted by molar-refractivity contribution is 7.15.